The van der Waals surface area contributed by atoms with Crippen LogP contribution in [0.4, 0.5) is 4.39 Å². The van der Waals surface area contributed by atoms with Gasteiger partial charge in [-0.15, -0.1) is 0 Å². The van der Waals surface area contributed by atoms with Crippen LogP contribution in [0, 0.1) is 34.0 Å². The van der Waals surface area contributed by atoms with Gasteiger partial charge in [-0.2, -0.15) is 5.26 Å². The highest BCUT2D eigenvalue weighted by molar-refractivity contribution is 6.01. The minimum Gasteiger partial charge on any atom is -0.390 e. The topological polar surface area (TPSA) is 110 Å². The third-order valence-corrected chi connectivity index (χ3v) is 10.9. The number of rotatable bonds is 3. The zero-order valence-electron chi connectivity index (χ0n) is 22.5. The minimum absolute atomic E-state index is 0.0327. The molecule has 206 valence electrons. The number of para-hydroxylation sites is 1. The number of alkyl halides is 1. The van der Waals surface area contributed by atoms with E-state index >= 15 is 4.39 Å². The summed E-state index contributed by atoms with van der Waals surface area (Å²) in [5.74, 6) is -1.50. The van der Waals surface area contributed by atoms with Gasteiger partial charge in [-0.25, -0.2) is 4.39 Å². The second kappa shape index (κ2) is 8.39. The van der Waals surface area contributed by atoms with Crippen molar-refractivity contribution >= 4 is 22.5 Å². The van der Waals surface area contributed by atoms with Crippen LogP contribution < -0.4 is 0 Å². The predicted octanol–water partition coefficient (Wildman–Crippen LogP) is 4.85. The lowest BCUT2D eigenvalue weighted by Gasteiger charge is -2.62. The Morgan fingerprint density at radius 3 is 2.88 bits per heavy atom. The van der Waals surface area contributed by atoms with Gasteiger partial charge in [0, 0.05) is 33.9 Å². The molecule has 1 N–H and O–H groups in total. The van der Waals surface area contributed by atoms with Crippen molar-refractivity contribution in [3.8, 4) is 6.07 Å². The molecule has 5 unspecified atom stereocenters. The first-order valence-corrected chi connectivity index (χ1v) is 14.0. The molecule has 4 fully saturated rings. The molecule has 1 aliphatic heterocycles. The molecule has 5 aliphatic rings. The summed E-state index contributed by atoms with van der Waals surface area (Å²) in [6, 6.07) is 11.6. The number of ketones is 2. The normalized spacial score (nSPS) is 43.3. The van der Waals surface area contributed by atoms with Crippen LogP contribution in [0.25, 0.3) is 10.9 Å². The van der Waals surface area contributed by atoms with Crippen molar-refractivity contribution in [1.29, 1.82) is 5.26 Å². The molecule has 1 aromatic heterocycles. The fraction of sp³-hybridized carbons (Fsp3) is 0.500. The smallest absolute Gasteiger partial charge is 0.187 e. The van der Waals surface area contributed by atoms with Gasteiger partial charge in [-0.3, -0.25) is 14.6 Å². The van der Waals surface area contributed by atoms with Crippen molar-refractivity contribution < 1.29 is 28.6 Å². The molecule has 0 radical (unpaired) electrons. The maximum absolute atomic E-state index is 17.5. The van der Waals surface area contributed by atoms with E-state index in [1.165, 1.54) is 12.2 Å². The lowest BCUT2D eigenvalue weighted by molar-refractivity contribution is -0.230. The Morgan fingerprint density at radius 1 is 1.27 bits per heavy atom. The van der Waals surface area contributed by atoms with E-state index in [0.29, 0.717) is 30.4 Å². The summed E-state index contributed by atoms with van der Waals surface area (Å²) in [5, 5.41) is 22.1. The quantitative estimate of drug-likeness (QED) is 0.590. The number of fused-ring (bicyclic) bond motifs is 8. The number of Topliss-reactive ketones (excluding diaryl/α,β-unsaturated/α-hetero) is 1. The highest BCUT2D eigenvalue weighted by Gasteiger charge is 2.79. The third kappa shape index (κ3) is 3.01. The van der Waals surface area contributed by atoms with Gasteiger partial charge in [-0.05, 0) is 62.8 Å². The molecule has 3 saturated carbocycles. The standard InChI is InChI=1S/C32H31FN2O5/c1-29-11-9-21(36)14-20(29)7-8-22-23-15-27-32(25(37)10-12-34,30(23,2)16-26(38)31(22,29)33)40-28(39-27)19-13-18-5-3-4-6-24(18)35-17-19/h3-6,9,11,13-14,17,22-23,26-28,38H,7-8,10,15-16H2,1-2H3/t22?,23-,26?,27+,28?,29?,30?,31-,32+/m0/s1. The Balaban J connectivity index is 1.31. The molecule has 2 heterocycles. The van der Waals surface area contributed by atoms with Crippen molar-refractivity contribution in [3.05, 3.63) is 65.9 Å². The number of allylic oxidation sites excluding steroid dienone is 4. The average molecular weight is 543 g/mol. The number of nitrogens with zero attached hydrogens (tertiary/aromatic N) is 2. The number of ether oxygens (including phenoxy) is 2. The van der Waals surface area contributed by atoms with E-state index in [9.17, 15) is 20.0 Å². The number of hydrogen-bond acceptors (Lipinski definition) is 7. The van der Waals surface area contributed by atoms with Gasteiger partial charge in [0.05, 0.1) is 30.2 Å². The summed E-state index contributed by atoms with van der Waals surface area (Å²) in [6.07, 6.45) is 4.10. The van der Waals surface area contributed by atoms with Crippen LogP contribution in [0.1, 0.15) is 57.8 Å². The van der Waals surface area contributed by atoms with E-state index < -0.39 is 52.3 Å². The first kappa shape index (κ1) is 25.7. The van der Waals surface area contributed by atoms with Crippen molar-refractivity contribution in [2.75, 3.05) is 0 Å². The Bertz CT molecular complexity index is 1560. The number of aliphatic hydroxyl groups excluding tert-OH is 1. The van der Waals surface area contributed by atoms with Crippen molar-refractivity contribution in [2.45, 2.75) is 75.7 Å². The van der Waals surface area contributed by atoms with Gasteiger partial charge in [-0.1, -0.05) is 36.8 Å². The van der Waals surface area contributed by atoms with Crippen LogP contribution >= 0.6 is 0 Å². The number of benzene rings is 1. The highest BCUT2D eigenvalue weighted by Crippen LogP contribution is 2.72. The number of nitriles is 1. The van der Waals surface area contributed by atoms with Gasteiger partial charge in [0.1, 0.15) is 0 Å². The fourth-order valence-corrected chi connectivity index (χ4v) is 9.02. The molecule has 7 rings (SSSR count). The number of aliphatic hydroxyl groups is 1. The number of aromatic nitrogens is 1. The Morgan fingerprint density at radius 2 is 2.08 bits per heavy atom. The van der Waals surface area contributed by atoms with Gasteiger partial charge < -0.3 is 14.6 Å². The van der Waals surface area contributed by atoms with Crippen LogP contribution in [0.2, 0.25) is 0 Å². The zero-order chi connectivity index (χ0) is 28.1. The molecule has 2 aromatic rings. The largest absolute Gasteiger partial charge is 0.390 e. The summed E-state index contributed by atoms with van der Waals surface area (Å²) < 4.78 is 30.6. The molecule has 0 spiro atoms. The van der Waals surface area contributed by atoms with E-state index in [1.807, 2.05) is 43.3 Å². The Labute approximate surface area is 231 Å². The Kier molecular flexibility index (Phi) is 5.39. The van der Waals surface area contributed by atoms with E-state index in [2.05, 4.69) is 4.98 Å². The molecule has 7 nitrogen and oxygen atoms in total. The molecule has 1 saturated heterocycles. The lowest BCUT2D eigenvalue weighted by atomic mass is 9.44. The van der Waals surface area contributed by atoms with Gasteiger partial charge in [0.15, 0.2) is 29.1 Å². The number of hydrogen-bond donors (Lipinski definition) is 1. The second-order valence-corrected chi connectivity index (χ2v) is 12.5. The van der Waals surface area contributed by atoms with E-state index in [0.717, 1.165) is 10.9 Å². The van der Waals surface area contributed by atoms with Gasteiger partial charge >= 0.3 is 0 Å². The Hall–Kier alpha value is -3.25. The minimum atomic E-state index is -2.03. The van der Waals surface area contributed by atoms with Gasteiger partial charge in [0.25, 0.3) is 0 Å². The van der Waals surface area contributed by atoms with E-state index in [4.69, 9.17) is 9.47 Å². The van der Waals surface area contributed by atoms with Crippen molar-refractivity contribution in [2.24, 2.45) is 22.7 Å². The number of halogens is 1. The van der Waals surface area contributed by atoms with Crippen LogP contribution in [-0.4, -0.2) is 45.1 Å². The summed E-state index contributed by atoms with van der Waals surface area (Å²) in [5.41, 5.74) is -3.47. The summed E-state index contributed by atoms with van der Waals surface area (Å²) in [4.78, 5) is 30.5. The predicted molar refractivity (Wildman–Crippen MR) is 142 cm³/mol. The van der Waals surface area contributed by atoms with Crippen molar-refractivity contribution in [1.82, 2.24) is 4.98 Å². The number of carbonyl (C=O) groups excluding carboxylic acids is 2. The highest BCUT2D eigenvalue weighted by atomic mass is 19.1. The maximum Gasteiger partial charge on any atom is 0.187 e. The van der Waals surface area contributed by atoms with E-state index in [-0.39, 0.29) is 24.5 Å². The zero-order valence-corrected chi connectivity index (χ0v) is 22.5. The fourth-order valence-electron chi connectivity index (χ4n) is 9.02. The van der Waals surface area contributed by atoms with E-state index in [1.54, 1.807) is 19.2 Å². The molecule has 4 aliphatic carbocycles. The summed E-state index contributed by atoms with van der Waals surface area (Å²) in [7, 11) is 0. The molecule has 40 heavy (non-hydrogen) atoms. The maximum atomic E-state index is 17.5. The molecule has 1 aromatic carbocycles. The number of pyridine rings is 1. The molecular formula is C32H31FN2O5. The summed E-state index contributed by atoms with van der Waals surface area (Å²) >= 11 is 0. The van der Waals surface area contributed by atoms with Crippen LogP contribution in [-0.2, 0) is 19.1 Å². The molecule has 0 bridgehead atoms. The monoisotopic (exact) mass is 542 g/mol. The lowest BCUT2D eigenvalue weighted by Crippen LogP contribution is -2.69. The SMILES string of the molecule is CC12C=CC(=O)C=C1CCC1[C@@H]3C[C@H]4OC(c5cnc6ccccc6c5)O[C@@]4(C(=O)CC#N)C3(C)CC(O)[C@@]12F. The van der Waals surface area contributed by atoms with Crippen molar-refractivity contribution in [3.63, 3.8) is 0 Å². The molecule has 9 atom stereocenters. The molecule has 8 heteroatoms. The summed E-state index contributed by atoms with van der Waals surface area (Å²) in [6.45, 7) is 3.66. The van der Waals surface area contributed by atoms with Crippen LogP contribution in [0.5, 0.6) is 0 Å². The first-order chi connectivity index (χ1) is 19.1. The molecular weight excluding hydrogens is 511 g/mol. The third-order valence-electron chi connectivity index (χ3n) is 10.9. The van der Waals surface area contributed by atoms with Crippen LogP contribution in [0.3, 0.4) is 0 Å². The van der Waals surface area contributed by atoms with Crippen LogP contribution in [0.15, 0.2) is 60.3 Å². The number of carbonyl (C=O) groups is 2. The second-order valence-electron chi connectivity index (χ2n) is 12.5. The average Bonchev–Trinajstić information content (AvgIpc) is 3.43. The first-order valence-electron chi connectivity index (χ1n) is 14.0. The molecule has 0 amide bonds. The van der Waals surface area contributed by atoms with Gasteiger partial charge in [0.2, 0.25) is 0 Å².